The van der Waals surface area contributed by atoms with Gasteiger partial charge in [0, 0.05) is 0 Å². The summed E-state index contributed by atoms with van der Waals surface area (Å²) in [7, 11) is 3.44. The van der Waals surface area contributed by atoms with E-state index in [1.165, 1.54) is 56.7 Å². The van der Waals surface area contributed by atoms with Crippen molar-refractivity contribution in [2.45, 2.75) is 62.7 Å². The van der Waals surface area contributed by atoms with Crippen LogP contribution in [-0.2, 0) is 0 Å². The second-order valence-electron chi connectivity index (χ2n) is 6.29. The Labute approximate surface area is 130 Å². The van der Waals surface area contributed by atoms with Crippen molar-refractivity contribution < 1.29 is 9.47 Å². The van der Waals surface area contributed by atoms with Crippen LogP contribution in [0.2, 0.25) is 0 Å². The summed E-state index contributed by atoms with van der Waals surface area (Å²) in [6.45, 7) is 0. The summed E-state index contributed by atoms with van der Waals surface area (Å²) >= 11 is 0. The molecule has 21 heavy (non-hydrogen) atoms. The molecule has 0 saturated heterocycles. The van der Waals surface area contributed by atoms with E-state index in [4.69, 9.17) is 9.47 Å². The molecule has 2 aliphatic rings. The molecular formula is C18H27O2P. The van der Waals surface area contributed by atoms with E-state index < -0.39 is 0 Å². The second-order valence-corrected chi connectivity index (χ2v) is 9.02. The molecule has 3 heteroatoms. The van der Waals surface area contributed by atoms with Gasteiger partial charge in [-0.25, -0.2) is 0 Å². The van der Waals surface area contributed by atoms with Crippen molar-refractivity contribution in [3.8, 4) is 11.5 Å². The Kier molecular flexibility index (Phi) is 5.06. The van der Waals surface area contributed by atoms with Gasteiger partial charge in [-0.05, 0) is 49.1 Å². The molecule has 0 bridgehead atoms. The summed E-state index contributed by atoms with van der Waals surface area (Å²) in [5.74, 6) is 2.11. The lowest BCUT2D eigenvalue weighted by Gasteiger charge is -2.32. The van der Waals surface area contributed by atoms with Gasteiger partial charge in [-0.2, -0.15) is 0 Å². The Morgan fingerprint density at radius 3 is 1.62 bits per heavy atom. The predicted molar refractivity (Wildman–Crippen MR) is 90.6 cm³/mol. The van der Waals surface area contributed by atoms with Gasteiger partial charge in [-0.15, -0.1) is 0 Å². The average Bonchev–Trinajstić information content (AvgIpc) is 3.21. The molecule has 0 N–H and O–H groups in total. The van der Waals surface area contributed by atoms with Crippen molar-refractivity contribution >= 4 is 13.2 Å². The minimum Gasteiger partial charge on any atom is -0.496 e. The number of benzene rings is 1. The Morgan fingerprint density at radius 1 is 0.810 bits per heavy atom. The summed E-state index contributed by atoms with van der Waals surface area (Å²) in [4.78, 5) is 0. The Bertz CT molecular complexity index is 424. The van der Waals surface area contributed by atoms with Crippen LogP contribution in [0.4, 0.5) is 0 Å². The lowest BCUT2D eigenvalue weighted by Crippen LogP contribution is -2.22. The van der Waals surface area contributed by atoms with Gasteiger partial charge in [0.2, 0.25) is 0 Å². The summed E-state index contributed by atoms with van der Waals surface area (Å²) in [6, 6.07) is 6.30. The van der Waals surface area contributed by atoms with Crippen LogP contribution in [0.3, 0.4) is 0 Å². The number of hydrogen-bond acceptors (Lipinski definition) is 2. The van der Waals surface area contributed by atoms with Crippen LogP contribution >= 0.6 is 7.92 Å². The zero-order valence-electron chi connectivity index (χ0n) is 13.3. The lowest BCUT2D eigenvalue weighted by molar-refractivity contribution is 0.400. The van der Waals surface area contributed by atoms with Gasteiger partial charge in [0.1, 0.15) is 11.5 Å². The molecule has 0 heterocycles. The van der Waals surface area contributed by atoms with E-state index in [0.717, 1.165) is 22.8 Å². The van der Waals surface area contributed by atoms with Gasteiger partial charge in [0.05, 0.1) is 19.5 Å². The number of ether oxygens (including phenoxy) is 2. The Balaban J connectivity index is 2.02. The maximum Gasteiger partial charge on any atom is 0.130 e. The average molecular weight is 306 g/mol. The summed E-state index contributed by atoms with van der Waals surface area (Å²) in [5.41, 5.74) is 1.77. The number of rotatable bonds is 5. The van der Waals surface area contributed by atoms with E-state index in [0.29, 0.717) is 0 Å². The van der Waals surface area contributed by atoms with Crippen molar-refractivity contribution in [3.05, 3.63) is 18.2 Å². The van der Waals surface area contributed by atoms with Crippen LogP contribution in [0, 0.1) is 0 Å². The zero-order valence-corrected chi connectivity index (χ0v) is 14.2. The van der Waals surface area contributed by atoms with Gasteiger partial charge >= 0.3 is 0 Å². The van der Waals surface area contributed by atoms with Crippen molar-refractivity contribution in [2.24, 2.45) is 0 Å². The molecule has 1 aromatic rings. The van der Waals surface area contributed by atoms with Crippen molar-refractivity contribution in [1.29, 1.82) is 0 Å². The fourth-order valence-corrected chi connectivity index (χ4v) is 8.12. The van der Waals surface area contributed by atoms with Gasteiger partial charge in [0.15, 0.2) is 0 Å². The van der Waals surface area contributed by atoms with E-state index >= 15 is 0 Å². The fraction of sp³-hybridized carbons (Fsp3) is 0.667. The highest BCUT2D eigenvalue weighted by molar-refractivity contribution is 7.67. The molecule has 2 nitrogen and oxygen atoms in total. The van der Waals surface area contributed by atoms with E-state index in [2.05, 4.69) is 18.2 Å². The number of hydrogen-bond donors (Lipinski definition) is 0. The van der Waals surface area contributed by atoms with Crippen LogP contribution in [0.1, 0.15) is 51.4 Å². The normalized spacial score (nSPS) is 20.3. The van der Waals surface area contributed by atoms with Gasteiger partial charge in [-0.3, -0.25) is 0 Å². The lowest BCUT2D eigenvalue weighted by atomic mass is 10.3. The van der Waals surface area contributed by atoms with Crippen LogP contribution in [0.15, 0.2) is 18.2 Å². The van der Waals surface area contributed by atoms with E-state index in [1.807, 2.05) is 0 Å². The highest BCUT2D eigenvalue weighted by Crippen LogP contribution is 2.58. The van der Waals surface area contributed by atoms with E-state index in [-0.39, 0.29) is 7.92 Å². The molecule has 2 aliphatic carbocycles. The molecular weight excluding hydrogens is 279 g/mol. The topological polar surface area (TPSA) is 18.5 Å². The molecule has 2 saturated carbocycles. The van der Waals surface area contributed by atoms with Crippen LogP contribution in [0.5, 0.6) is 11.5 Å². The third-order valence-corrected chi connectivity index (χ3v) is 8.66. The molecule has 0 aromatic heterocycles. The molecule has 3 rings (SSSR count). The Morgan fingerprint density at radius 2 is 1.24 bits per heavy atom. The highest BCUT2D eigenvalue weighted by atomic mass is 31.1. The standard InChI is InChI=1S/C18H27O2P/c1-19-16-12-7-13-17(20-2)18(16)21(14-8-3-4-9-14)15-10-5-6-11-15/h7,12-15H,3-6,8-11H2,1-2H3. The molecule has 0 radical (unpaired) electrons. The minimum absolute atomic E-state index is 0.161. The molecule has 116 valence electrons. The third kappa shape index (κ3) is 3.06. The van der Waals surface area contributed by atoms with Crippen molar-refractivity contribution in [2.75, 3.05) is 14.2 Å². The van der Waals surface area contributed by atoms with Gasteiger partial charge in [0.25, 0.3) is 0 Å². The first-order valence-corrected chi connectivity index (χ1v) is 9.82. The number of methoxy groups -OCH3 is 2. The van der Waals surface area contributed by atoms with E-state index in [9.17, 15) is 0 Å². The third-order valence-electron chi connectivity index (χ3n) is 5.10. The molecule has 0 atom stereocenters. The summed E-state index contributed by atoms with van der Waals surface area (Å²) < 4.78 is 11.4. The first-order valence-electron chi connectivity index (χ1n) is 8.34. The molecule has 0 aliphatic heterocycles. The summed E-state index contributed by atoms with van der Waals surface area (Å²) in [5, 5.41) is 1.41. The highest BCUT2D eigenvalue weighted by Gasteiger charge is 2.37. The van der Waals surface area contributed by atoms with Crippen molar-refractivity contribution in [1.82, 2.24) is 0 Å². The SMILES string of the molecule is COc1cccc(OC)c1P(C1CCCC1)C1CCCC1. The summed E-state index contributed by atoms with van der Waals surface area (Å²) in [6.07, 6.45) is 11.3. The first-order chi connectivity index (χ1) is 10.3. The minimum atomic E-state index is -0.161. The van der Waals surface area contributed by atoms with Gasteiger partial charge in [-0.1, -0.05) is 39.7 Å². The smallest absolute Gasteiger partial charge is 0.130 e. The van der Waals surface area contributed by atoms with Crippen LogP contribution < -0.4 is 14.8 Å². The second kappa shape index (κ2) is 7.01. The van der Waals surface area contributed by atoms with E-state index in [1.54, 1.807) is 14.2 Å². The van der Waals surface area contributed by atoms with Crippen molar-refractivity contribution in [3.63, 3.8) is 0 Å². The molecule has 0 amide bonds. The monoisotopic (exact) mass is 306 g/mol. The Hall–Kier alpha value is -0.750. The fourth-order valence-electron chi connectivity index (χ4n) is 4.11. The zero-order chi connectivity index (χ0) is 14.7. The largest absolute Gasteiger partial charge is 0.496 e. The quantitative estimate of drug-likeness (QED) is 0.734. The molecule has 2 fully saturated rings. The molecule has 0 spiro atoms. The van der Waals surface area contributed by atoms with Crippen LogP contribution in [0.25, 0.3) is 0 Å². The van der Waals surface area contributed by atoms with Gasteiger partial charge < -0.3 is 9.47 Å². The molecule has 1 aromatic carbocycles. The first kappa shape index (κ1) is 15.2. The maximum absolute atomic E-state index is 5.72. The maximum atomic E-state index is 5.72. The van der Waals surface area contributed by atoms with Crippen LogP contribution in [-0.4, -0.2) is 25.5 Å². The molecule has 0 unspecified atom stereocenters. The predicted octanol–water partition coefficient (Wildman–Crippen LogP) is 4.70.